The molecule has 0 saturated heterocycles. The first-order valence-corrected chi connectivity index (χ1v) is 20.6. The van der Waals surface area contributed by atoms with Crippen molar-refractivity contribution < 1.29 is 4.42 Å². The number of fused-ring (bicyclic) bond motifs is 8. The maximum absolute atomic E-state index is 6.38. The Kier molecular flexibility index (Phi) is 7.92. The molecule has 0 aliphatic carbocycles. The van der Waals surface area contributed by atoms with Crippen LogP contribution in [0, 0.1) is 0 Å². The van der Waals surface area contributed by atoms with Crippen molar-refractivity contribution in [3.05, 3.63) is 188 Å². The largest absolute Gasteiger partial charge is 0.455 e. The summed E-state index contributed by atoms with van der Waals surface area (Å²) in [6.45, 7) is 0. The molecule has 0 N–H and O–H groups in total. The molecule has 12 aromatic rings. The van der Waals surface area contributed by atoms with Gasteiger partial charge in [-0.15, -0.1) is 0 Å². The third-order valence-corrected chi connectivity index (χ3v) is 11.9. The van der Waals surface area contributed by atoms with Crippen LogP contribution in [-0.4, -0.2) is 23.7 Å². The van der Waals surface area contributed by atoms with Gasteiger partial charge in [0.05, 0.1) is 34.3 Å². The van der Waals surface area contributed by atoms with Crippen molar-refractivity contribution in [2.45, 2.75) is 0 Å². The van der Waals surface area contributed by atoms with Crippen molar-refractivity contribution in [2.24, 2.45) is 0 Å². The van der Waals surface area contributed by atoms with Crippen LogP contribution in [0.3, 0.4) is 0 Å². The zero-order valence-corrected chi connectivity index (χ0v) is 32.8. The molecule has 12 rings (SSSR count). The molecule has 0 saturated carbocycles. The molecule has 0 radical (unpaired) electrons. The molecule has 280 valence electrons. The Morgan fingerprint density at radius 1 is 0.383 bits per heavy atom. The normalized spacial score (nSPS) is 11.7. The Balaban J connectivity index is 0.997. The standard InChI is InChI=1S/C53H31N5OS/c1-3-13-34(14-4-1)49-43-30-42(50-51(58-60-57-50)48(43)41-20-7-9-23-44(41)54-49)36-17-11-18-37(29-36)46-31-45(55-53(56-46)35-15-5-2-6-16-35)33-27-25-32(26-28-33)38-21-12-22-40-39-19-8-10-24-47(39)59-52(38)40/h1-31H. The SMILES string of the molecule is c1ccc(-c2nc(-c3ccc(-c4cccc5c4oc4ccccc45)cc3)cc(-c3cccc(-c4cc5c(-c6ccccc6)nc6ccccc6c5c5nsnc45)c3)n2)cc1. The van der Waals surface area contributed by atoms with Crippen molar-refractivity contribution in [3.8, 4) is 67.4 Å². The van der Waals surface area contributed by atoms with Gasteiger partial charge in [0.1, 0.15) is 22.2 Å². The van der Waals surface area contributed by atoms with E-state index in [1.54, 1.807) is 0 Å². The summed E-state index contributed by atoms with van der Waals surface area (Å²) in [5.74, 6) is 0.659. The first-order chi connectivity index (χ1) is 29.7. The molecule has 0 spiro atoms. The van der Waals surface area contributed by atoms with Crippen molar-refractivity contribution in [3.63, 3.8) is 0 Å². The summed E-state index contributed by atoms with van der Waals surface area (Å²) in [6, 6.07) is 64.8. The van der Waals surface area contributed by atoms with Crippen LogP contribution in [0.2, 0.25) is 0 Å². The van der Waals surface area contributed by atoms with E-state index in [1.807, 2.05) is 42.5 Å². The van der Waals surface area contributed by atoms with Gasteiger partial charge in [0, 0.05) is 60.3 Å². The van der Waals surface area contributed by atoms with Gasteiger partial charge in [0.2, 0.25) is 0 Å². The molecule has 0 aliphatic rings. The molecule has 4 heterocycles. The first-order valence-electron chi connectivity index (χ1n) is 19.8. The molecular weight excluding hydrogens is 755 g/mol. The zero-order chi connectivity index (χ0) is 39.6. The lowest BCUT2D eigenvalue weighted by atomic mass is 9.93. The van der Waals surface area contributed by atoms with E-state index in [0.29, 0.717) is 5.82 Å². The Morgan fingerprint density at radius 3 is 1.85 bits per heavy atom. The molecule has 0 amide bonds. The van der Waals surface area contributed by atoms with E-state index in [-0.39, 0.29) is 0 Å². The minimum atomic E-state index is 0.659. The maximum atomic E-state index is 6.38. The summed E-state index contributed by atoms with van der Waals surface area (Å²) < 4.78 is 16.2. The highest BCUT2D eigenvalue weighted by Gasteiger charge is 2.20. The zero-order valence-electron chi connectivity index (χ0n) is 32.0. The summed E-state index contributed by atoms with van der Waals surface area (Å²) in [5.41, 5.74) is 15.1. The van der Waals surface area contributed by atoms with Crippen LogP contribution in [0.1, 0.15) is 0 Å². The summed E-state index contributed by atoms with van der Waals surface area (Å²) in [7, 11) is 0. The number of nitrogens with zero attached hydrogens (tertiary/aromatic N) is 5. The van der Waals surface area contributed by atoms with Crippen LogP contribution < -0.4 is 0 Å². The second kappa shape index (κ2) is 13.9. The fourth-order valence-electron chi connectivity index (χ4n) is 8.50. The smallest absolute Gasteiger partial charge is 0.160 e. The lowest BCUT2D eigenvalue weighted by Crippen LogP contribution is -1.96. The number of rotatable bonds is 6. The highest BCUT2D eigenvalue weighted by Crippen LogP contribution is 2.42. The predicted molar refractivity (Wildman–Crippen MR) is 246 cm³/mol. The summed E-state index contributed by atoms with van der Waals surface area (Å²) >= 11 is 1.24. The fraction of sp³-hybridized carbons (Fsp3) is 0. The van der Waals surface area contributed by atoms with Gasteiger partial charge < -0.3 is 4.42 Å². The van der Waals surface area contributed by atoms with Crippen LogP contribution in [0.15, 0.2) is 192 Å². The van der Waals surface area contributed by atoms with Gasteiger partial charge in [-0.25, -0.2) is 15.0 Å². The molecule has 0 aliphatic heterocycles. The Hall–Kier alpha value is -7.87. The summed E-state index contributed by atoms with van der Waals surface area (Å²) in [4.78, 5) is 15.5. The van der Waals surface area contributed by atoms with Crippen LogP contribution in [0.4, 0.5) is 0 Å². The average Bonchev–Trinajstić information content (AvgIpc) is 3.97. The molecule has 0 fully saturated rings. The molecule has 6 nitrogen and oxygen atoms in total. The third kappa shape index (κ3) is 5.67. The van der Waals surface area contributed by atoms with E-state index in [2.05, 4.69) is 146 Å². The van der Waals surface area contributed by atoms with Gasteiger partial charge in [0.15, 0.2) is 5.82 Å². The van der Waals surface area contributed by atoms with Crippen molar-refractivity contribution in [1.29, 1.82) is 0 Å². The maximum Gasteiger partial charge on any atom is 0.160 e. The quantitative estimate of drug-likeness (QED) is 0.156. The Labute approximate surface area is 348 Å². The highest BCUT2D eigenvalue weighted by molar-refractivity contribution is 7.00. The average molecular weight is 786 g/mol. The minimum Gasteiger partial charge on any atom is -0.455 e. The lowest BCUT2D eigenvalue weighted by molar-refractivity contribution is 0.670. The Morgan fingerprint density at radius 2 is 1.02 bits per heavy atom. The summed E-state index contributed by atoms with van der Waals surface area (Å²) in [6.07, 6.45) is 0. The van der Waals surface area contributed by atoms with E-state index < -0.39 is 0 Å². The number of furan rings is 1. The Bertz CT molecular complexity index is 3600. The topological polar surface area (TPSA) is 77.6 Å². The van der Waals surface area contributed by atoms with Crippen molar-refractivity contribution >= 4 is 66.4 Å². The molecule has 7 heteroatoms. The molecule has 0 atom stereocenters. The number of pyridine rings is 1. The van der Waals surface area contributed by atoms with Gasteiger partial charge in [-0.2, -0.15) is 8.75 Å². The van der Waals surface area contributed by atoms with E-state index in [0.717, 1.165) is 116 Å². The number of benzene rings is 8. The number of para-hydroxylation sites is 3. The van der Waals surface area contributed by atoms with Gasteiger partial charge in [-0.3, -0.25) is 0 Å². The van der Waals surface area contributed by atoms with E-state index in [9.17, 15) is 0 Å². The molecule has 8 aromatic carbocycles. The van der Waals surface area contributed by atoms with Crippen LogP contribution in [-0.2, 0) is 0 Å². The molecule has 60 heavy (non-hydrogen) atoms. The second-order valence-corrected chi connectivity index (χ2v) is 15.4. The summed E-state index contributed by atoms with van der Waals surface area (Å²) in [5, 5.41) is 5.40. The van der Waals surface area contributed by atoms with E-state index >= 15 is 0 Å². The van der Waals surface area contributed by atoms with Crippen molar-refractivity contribution in [1.82, 2.24) is 23.7 Å². The third-order valence-electron chi connectivity index (χ3n) is 11.4. The van der Waals surface area contributed by atoms with Crippen LogP contribution in [0.25, 0.3) is 122 Å². The first kappa shape index (κ1) is 34.2. The number of aromatic nitrogens is 5. The monoisotopic (exact) mass is 785 g/mol. The molecular formula is C53H31N5OS. The van der Waals surface area contributed by atoms with Gasteiger partial charge in [-0.05, 0) is 41.5 Å². The van der Waals surface area contributed by atoms with Crippen LogP contribution in [0.5, 0.6) is 0 Å². The van der Waals surface area contributed by atoms with Gasteiger partial charge in [0.25, 0.3) is 0 Å². The van der Waals surface area contributed by atoms with Crippen LogP contribution >= 0.6 is 11.7 Å². The lowest BCUT2D eigenvalue weighted by Gasteiger charge is -2.14. The van der Waals surface area contributed by atoms with E-state index in [1.165, 1.54) is 11.7 Å². The second-order valence-electron chi connectivity index (χ2n) is 14.9. The van der Waals surface area contributed by atoms with Crippen molar-refractivity contribution in [2.75, 3.05) is 0 Å². The molecule has 4 aromatic heterocycles. The molecule has 0 bridgehead atoms. The fourth-order valence-corrected chi connectivity index (χ4v) is 9.07. The number of hydrogen-bond acceptors (Lipinski definition) is 7. The predicted octanol–water partition coefficient (Wildman–Crippen LogP) is 14.1. The molecule has 0 unspecified atom stereocenters. The van der Waals surface area contributed by atoms with Gasteiger partial charge in [-0.1, -0.05) is 158 Å². The minimum absolute atomic E-state index is 0.659. The van der Waals surface area contributed by atoms with E-state index in [4.69, 9.17) is 28.1 Å². The number of hydrogen-bond donors (Lipinski definition) is 0. The van der Waals surface area contributed by atoms with Gasteiger partial charge >= 0.3 is 0 Å². The highest BCUT2D eigenvalue weighted by atomic mass is 32.1.